The van der Waals surface area contributed by atoms with Crippen LogP contribution in [0.25, 0.3) is 0 Å². The Balaban J connectivity index is 1.45. The van der Waals surface area contributed by atoms with Gasteiger partial charge in [0.15, 0.2) is 0 Å². The Morgan fingerprint density at radius 2 is 2.32 bits per heavy atom. The van der Waals surface area contributed by atoms with Crippen LogP contribution in [0.4, 0.5) is 0 Å². The molecule has 1 aromatic carbocycles. The number of amides is 1. The van der Waals surface area contributed by atoms with Crippen LogP contribution in [-0.4, -0.2) is 57.5 Å². The molecule has 1 aromatic heterocycles. The van der Waals surface area contributed by atoms with Gasteiger partial charge in [0.1, 0.15) is 36.1 Å². The molecule has 6 N–H and O–H groups in total. The Bertz CT molecular complexity index is 1000. The summed E-state index contributed by atoms with van der Waals surface area (Å²) in [6.45, 7) is -0.343. The molecule has 2 aromatic rings. The lowest BCUT2D eigenvalue weighted by molar-refractivity contribution is 0.0536. The molecule has 2 unspecified atom stereocenters. The van der Waals surface area contributed by atoms with E-state index in [-0.39, 0.29) is 25.2 Å². The van der Waals surface area contributed by atoms with E-state index in [9.17, 15) is 9.90 Å². The number of nitrogens with two attached hydrogens (primary N) is 1. The van der Waals surface area contributed by atoms with Gasteiger partial charge in [-0.2, -0.15) is 0 Å². The fourth-order valence-corrected chi connectivity index (χ4v) is 3.57. The molecular formula is C21H26N6O4. The van der Waals surface area contributed by atoms with Gasteiger partial charge in [0.05, 0.1) is 18.8 Å². The molecule has 0 bridgehead atoms. The summed E-state index contributed by atoms with van der Waals surface area (Å²) in [6, 6.07) is 7.47. The van der Waals surface area contributed by atoms with Gasteiger partial charge in [0.25, 0.3) is 5.91 Å². The van der Waals surface area contributed by atoms with Crippen LogP contribution in [0.5, 0.6) is 5.75 Å². The highest BCUT2D eigenvalue weighted by Gasteiger charge is 2.26. The largest absolute Gasteiger partial charge is 0.491 e. The van der Waals surface area contributed by atoms with Gasteiger partial charge in [0, 0.05) is 24.8 Å². The lowest BCUT2D eigenvalue weighted by atomic mass is 10.0. The standard InChI is InChI=1S/C21H26N6O4/c22-14-6-7-23-19(9-14)25-21(30)18-10-24-20-5-4-17(26-27(18)20)13-2-1-3-16(8-13)31-12-15(29)11-28/h1-3,6-8,10,15,17,19,26,28-29H,4-5,9,11-12,22H2,(H,25,30)/t15-,17?,19?/m1/s1. The first-order chi connectivity index (χ1) is 15.0. The summed E-state index contributed by atoms with van der Waals surface area (Å²) in [4.78, 5) is 21.4. The third-order valence-corrected chi connectivity index (χ3v) is 5.20. The van der Waals surface area contributed by atoms with E-state index >= 15 is 0 Å². The number of hydrogen-bond acceptors (Lipinski definition) is 8. The van der Waals surface area contributed by atoms with Crippen molar-refractivity contribution in [2.45, 2.75) is 37.6 Å². The lowest BCUT2D eigenvalue weighted by Gasteiger charge is -2.28. The summed E-state index contributed by atoms with van der Waals surface area (Å²) in [5, 5.41) is 21.3. The molecule has 3 heterocycles. The van der Waals surface area contributed by atoms with Gasteiger partial charge in [0.2, 0.25) is 0 Å². The zero-order valence-electron chi connectivity index (χ0n) is 16.9. The van der Waals surface area contributed by atoms with Crippen molar-refractivity contribution >= 4 is 12.1 Å². The quantitative estimate of drug-likeness (QED) is 0.425. The number of rotatable bonds is 7. The van der Waals surface area contributed by atoms with Crippen molar-refractivity contribution in [3.8, 4) is 5.75 Å². The highest BCUT2D eigenvalue weighted by molar-refractivity contribution is 5.93. The van der Waals surface area contributed by atoms with E-state index in [1.807, 2.05) is 18.2 Å². The summed E-state index contributed by atoms with van der Waals surface area (Å²) in [6.07, 6.45) is 5.53. The molecule has 0 saturated carbocycles. The predicted octanol–water partition coefficient (Wildman–Crippen LogP) is 0.219. The Hall–Kier alpha value is -3.37. The Kier molecular flexibility index (Phi) is 6.19. The second kappa shape index (κ2) is 9.19. The minimum atomic E-state index is -0.926. The minimum absolute atomic E-state index is 0.0113. The number of nitrogens with zero attached hydrogens (tertiary/aromatic N) is 3. The van der Waals surface area contributed by atoms with E-state index in [1.165, 1.54) is 0 Å². The van der Waals surface area contributed by atoms with Crippen molar-refractivity contribution in [1.29, 1.82) is 0 Å². The molecule has 3 atom stereocenters. The smallest absolute Gasteiger partial charge is 0.273 e. The number of hydrogen-bond donors (Lipinski definition) is 5. The molecule has 0 radical (unpaired) electrons. The van der Waals surface area contributed by atoms with Crippen LogP contribution in [0.15, 0.2) is 47.2 Å². The zero-order chi connectivity index (χ0) is 21.8. The normalized spacial score (nSPS) is 20.9. The molecular weight excluding hydrogens is 400 g/mol. The SMILES string of the molecule is NC1=CC=NC(NC(=O)c2cnc3n2NC(c2cccc(OC[C@H](O)CO)c2)CC3)C1. The number of allylic oxidation sites excluding steroid dienone is 1. The van der Waals surface area contributed by atoms with E-state index < -0.39 is 12.3 Å². The van der Waals surface area contributed by atoms with Crippen LogP contribution < -0.4 is 21.2 Å². The van der Waals surface area contributed by atoms with Crippen LogP contribution >= 0.6 is 0 Å². The number of dihydropyridines is 1. The Labute approximate surface area is 179 Å². The number of carbonyl (C=O) groups excluding carboxylic acids is 1. The molecule has 1 amide bonds. The maximum absolute atomic E-state index is 12.8. The van der Waals surface area contributed by atoms with Crippen molar-refractivity contribution < 1.29 is 19.7 Å². The van der Waals surface area contributed by atoms with E-state index in [1.54, 1.807) is 29.2 Å². The zero-order valence-corrected chi connectivity index (χ0v) is 16.9. The van der Waals surface area contributed by atoms with Crippen molar-refractivity contribution in [2.24, 2.45) is 10.7 Å². The Morgan fingerprint density at radius 3 is 3.13 bits per heavy atom. The molecule has 0 aliphatic carbocycles. The molecule has 10 nitrogen and oxygen atoms in total. The lowest BCUT2D eigenvalue weighted by Crippen LogP contribution is -2.39. The van der Waals surface area contributed by atoms with Crippen LogP contribution in [0, 0.1) is 0 Å². The fourth-order valence-electron chi connectivity index (χ4n) is 3.57. The molecule has 31 heavy (non-hydrogen) atoms. The first-order valence-electron chi connectivity index (χ1n) is 10.2. The van der Waals surface area contributed by atoms with Gasteiger partial charge in [-0.15, -0.1) is 0 Å². The minimum Gasteiger partial charge on any atom is -0.491 e. The number of imidazole rings is 1. The third-order valence-electron chi connectivity index (χ3n) is 5.20. The number of aliphatic imine (C=N–C) groups is 1. The van der Waals surface area contributed by atoms with Crippen molar-refractivity contribution in [2.75, 3.05) is 18.6 Å². The number of aryl methyl sites for hydroxylation is 1. The van der Waals surface area contributed by atoms with Crippen molar-refractivity contribution in [3.63, 3.8) is 0 Å². The summed E-state index contributed by atoms with van der Waals surface area (Å²) in [5.74, 6) is 1.10. The fraction of sp³-hybridized carbons (Fsp3) is 0.381. The number of nitrogens with one attached hydrogen (secondary N) is 2. The van der Waals surface area contributed by atoms with Gasteiger partial charge in [-0.1, -0.05) is 12.1 Å². The molecule has 0 fully saturated rings. The average molecular weight is 426 g/mol. The third kappa shape index (κ3) is 4.86. The number of aromatic nitrogens is 2. The van der Waals surface area contributed by atoms with Gasteiger partial charge < -0.3 is 31.4 Å². The van der Waals surface area contributed by atoms with E-state index in [2.05, 4.69) is 20.7 Å². The van der Waals surface area contributed by atoms with E-state index in [0.29, 0.717) is 30.0 Å². The van der Waals surface area contributed by atoms with Gasteiger partial charge in [-0.25, -0.2) is 9.66 Å². The summed E-state index contributed by atoms with van der Waals surface area (Å²) < 4.78 is 7.27. The monoisotopic (exact) mass is 426 g/mol. The molecule has 4 rings (SSSR count). The number of fused-ring (bicyclic) bond motifs is 1. The van der Waals surface area contributed by atoms with E-state index in [4.69, 9.17) is 15.6 Å². The first-order valence-corrected chi connectivity index (χ1v) is 10.2. The number of aliphatic hydroxyl groups excluding tert-OH is 2. The van der Waals surface area contributed by atoms with Crippen LogP contribution in [0.3, 0.4) is 0 Å². The number of ether oxygens (including phenoxy) is 1. The van der Waals surface area contributed by atoms with Crippen molar-refractivity contribution in [3.05, 3.63) is 59.3 Å². The highest BCUT2D eigenvalue weighted by atomic mass is 16.5. The summed E-state index contributed by atoms with van der Waals surface area (Å²) in [5.41, 5.74) is 11.2. The number of aliphatic hydroxyl groups is 2. The molecule has 2 aliphatic heterocycles. The van der Waals surface area contributed by atoms with Crippen LogP contribution in [0.1, 0.15) is 40.8 Å². The molecule has 0 spiro atoms. The number of carbonyl (C=O) groups is 1. The average Bonchev–Trinajstić information content (AvgIpc) is 3.21. The molecule has 0 saturated heterocycles. The van der Waals surface area contributed by atoms with Crippen molar-refractivity contribution in [1.82, 2.24) is 15.0 Å². The molecule has 2 aliphatic rings. The predicted molar refractivity (Wildman–Crippen MR) is 114 cm³/mol. The second-order valence-corrected chi connectivity index (χ2v) is 7.57. The summed E-state index contributed by atoms with van der Waals surface area (Å²) >= 11 is 0. The van der Waals surface area contributed by atoms with Gasteiger partial charge >= 0.3 is 0 Å². The van der Waals surface area contributed by atoms with E-state index in [0.717, 1.165) is 17.8 Å². The molecule has 164 valence electrons. The van der Waals surface area contributed by atoms with Gasteiger partial charge in [-0.3, -0.25) is 9.79 Å². The van der Waals surface area contributed by atoms with Crippen LogP contribution in [-0.2, 0) is 6.42 Å². The number of benzene rings is 1. The van der Waals surface area contributed by atoms with Gasteiger partial charge in [-0.05, 0) is 30.2 Å². The first kappa shape index (κ1) is 20.9. The highest BCUT2D eigenvalue weighted by Crippen LogP contribution is 2.28. The maximum Gasteiger partial charge on any atom is 0.273 e. The van der Waals surface area contributed by atoms with Crippen LogP contribution in [0.2, 0.25) is 0 Å². The summed E-state index contributed by atoms with van der Waals surface area (Å²) in [7, 11) is 0. The maximum atomic E-state index is 12.8. The topological polar surface area (TPSA) is 147 Å². The second-order valence-electron chi connectivity index (χ2n) is 7.57. The molecule has 10 heteroatoms. The Morgan fingerprint density at radius 1 is 1.45 bits per heavy atom.